The maximum Gasteiger partial charge on any atom is 0.144 e. The minimum Gasteiger partial charge on any atom is -0.340 e. The molecule has 5 heteroatoms. The highest BCUT2D eigenvalue weighted by molar-refractivity contribution is 7.99. The molecular formula is C13H16N4S. The minimum atomic E-state index is 0.349. The lowest BCUT2D eigenvalue weighted by Crippen LogP contribution is -2.04. The lowest BCUT2D eigenvalue weighted by molar-refractivity contribution is 0.912. The van der Waals surface area contributed by atoms with Gasteiger partial charge in [0, 0.05) is 16.8 Å². The van der Waals surface area contributed by atoms with Gasteiger partial charge >= 0.3 is 0 Å². The molecule has 0 saturated carbocycles. The second kappa shape index (κ2) is 6.37. The number of rotatable bonds is 5. The van der Waals surface area contributed by atoms with Gasteiger partial charge in [-0.25, -0.2) is 9.97 Å². The Morgan fingerprint density at radius 3 is 2.67 bits per heavy atom. The summed E-state index contributed by atoms with van der Waals surface area (Å²) in [6.07, 6.45) is 1.71. The first-order valence-electron chi connectivity index (χ1n) is 5.83. The van der Waals surface area contributed by atoms with Crippen molar-refractivity contribution < 1.29 is 0 Å². The van der Waals surface area contributed by atoms with E-state index < -0.39 is 0 Å². The molecule has 3 N–H and O–H groups in total. The highest BCUT2D eigenvalue weighted by atomic mass is 32.2. The summed E-state index contributed by atoms with van der Waals surface area (Å²) in [5, 5.41) is 3.23. The van der Waals surface area contributed by atoms with Crippen LogP contribution in [0.5, 0.6) is 0 Å². The Balaban J connectivity index is 2.08. The average molecular weight is 260 g/mol. The fourth-order valence-electron chi connectivity index (χ4n) is 1.52. The Bertz CT molecular complexity index is 499. The van der Waals surface area contributed by atoms with Crippen molar-refractivity contribution >= 4 is 23.3 Å². The smallest absolute Gasteiger partial charge is 0.144 e. The fourth-order valence-corrected chi connectivity index (χ4v) is 2.18. The van der Waals surface area contributed by atoms with Gasteiger partial charge in [-0.2, -0.15) is 0 Å². The van der Waals surface area contributed by atoms with Crippen molar-refractivity contribution in [1.82, 2.24) is 9.97 Å². The van der Waals surface area contributed by atoms with Gasteiger partial charge in [-0.05, 0) is 36.1 Å². The van der Waals surface area contributed by atoms with E-state index in [-0.39, 0.29) is 0 Å². The quantitative estimate of drug-likeness (QED) is 0.809. The van der Waals surface area contributed by atoms with Crippen LogP contribution < -0.4 is 11.1 Å². The van der Waals surface area contributed by atoms with Crippen LogP contribution >= 0.6 is 11.8 Å². The first-order valence-corrected chi connectivity index (χ1v) is 6.82. The lowest BCUT2D eigenvalue weighted by atomic mass is 10.3. The summed E-state index contributed by atoms with van der Waals surface area (Å²) >= 11 is 1.83. The molecule has 0 aliphatic heterocycles. The molecule has 1 heterocycles. The molecule has 0 aliphatic rings. The van der Waals surface area contributed by atoms with Gasteiger partial charge in [0.2, 0.25) is 0 Å². The Morgan fingerprint density at radius 2 is 2.00 bits per heavy atom. The van der Waals surface area contributed by atoms with Crippen molar-refractivity contribution in [3.8, 4) is 0 Å². The van der Waals surface area contributed by atoms with E-state index in [4.69, 9.17) is 5.73 Å². The van der Waals surface area contributed by atoms with Gasteiger partial charge < -0.3 is 11.1 Å². The van der Waals surface area contributed by atoms with E-state index in [9.17, 15) is 0 Å². The van der Waals surface area contributed by atoms with Gasteiger partial charge in [-0.15, -0.1) is 11.8 Å². The van der Waals surface area contributed by atoms with Crippen LogP contribution in [0.3, 0.4) is 0 Å². The number of thioether (sulfide) groups is 1. The SMILES string of the molecule is CCSc1ccc(Nc2ccnc(CN)n2)cc1. The zero-order valence-corrected chi connectivity index (χ0v) is 11.1. The molecule has 0 spiro atoms. The highest BCUT2D eigenvalue weighted by Gasteiger charge is 1.99. The summed E-state index contributed by atoms with van der Waals surface area (Å²) in [6, 6.07) is 10.1. The molecule has 1 aromatic carbocycles. The molecule has 4 nitrogen and oxygen atoms in total. The van der Waals surface area contributed by atoms with Crippen molar-refractivity contribution in [3.63, 3.8) is 0 Å². The van der Waals surface area contributed by atoms with Gasteiger partial charge in [0.25, 0.3) is 0 Å². The third-order valence-corrected chi connectivity index (χ3v) is 3.22. The molecule has 0 bridgehead atoms. The van der Waals surface area contributed by atoms with Crippen LogP contribution in [0.25, 0.3) is 0 Å². The van der Waals surface area contributed by atoms with Gasteiger partial charge in [0.15, 0.2) is 0 Å². The molecule has 0 fully saturated rings. The molecule has 0 atom stereocenters. The largest absolute Gasteiger partial charge is 0.340 e. The van der Waals surface area contributed by atoms with Gasteiger partial charge in [0.1, 0.15) is 11.6 Å². The van der Waals surface area contributed by atoms with Crippen LogP contribution in [-0.2, 0) is 6.54 Å². The van der Waals surface area contributed by atoms with Crippen molar-refractivity contribution in [1.29, 1.82) is 0 Å². The molecule has 0 aliphatic carbocycles. The molecule has 1 aromatic heterocycles. The van der Waals surface area contributed by atoms with Gasteiger partial charge in [-0.1, -0.05) is 6.92 Å². The molecular weight excluding hydrogens is 244 g/mol. The number of nitrogens with two attached hydrogens (primary N) is 1. The number of hydrogen-bond acceptors (Lipinski definition) is 5. The van der Waals surface area contributed by atoms with E-state index in [0.717, 1.165) is 17.3 Å². The molecule has 0 saturated heterocycles. The van der Waals surface area contributed by atoms with Crippen LogP contribution in [0.15, 0.2) is 41.4 Å². The third-order valence-electron chi connectivity index (χ3n) is 2.33. The van der Waals surface area contributed by atoms with E-state index in [1.54, 1.807) is 6.20 Å². The predicted octanol–water partition coefficient (Wildman–Crippen LogP) is 2.79. The molecule has 0 amide bonds. The van der Waals surface area contributed by atoms with E-state index >= 15 is 0 Å². The first-order chi connectivity index (χ1) is 8.81. The van der Waals surface area contributed by atoms with E-state index in [1.807, 2.05) is 30.0 Å². The molecule has 0 radical (unpaired) electrons. The van der Waals surface area contributed by atoms with Crippen LogP contribution in [0.1, 0.15) is 12.7 Å². The van der Waals surface area contributed by atoms with Crippen molar-refractivity contribution in [2.45, 2.75) is 18.4 Å². The fraction of sp³-hybridized carbons (Fsp3) is 0.231. The summed E-state index contributed by atoms with van der Waals surface area (Å²) in [4.78, 5) is 9.62. The topological polar surface area (TPSA) is 63.8 Å². The number of hydrogen-bond donors (Lipinski definition) is 2. The van der Waals surface area contributed by atoms with Crippen LogP contribution in [0.4, 0.5) is 11.5 Å². The molecule has 94 valence electrons. The first kappa shape index (κ1) is 12.9. The predicted molar refractivity (Wildman–Crippen MR) is 76.0 cm³/mol. The Labute approximate surface area is 111 Å². The zero-order chi connectivity index (χ0) is 12.8. The minimum absolute atomic E-state index is 0.349. The Kier molecular flexibility index (Phi) is 4.55. The normalized spacial score (nSPS) is 10.3. The Morgan fingerprint density at radius 1 is 1.22 bits per heavy atom. The average Bonchev–Trinajstić information content (AvgIpc) is 2.42. The van der Waals surface area contributed by atoms with Crippen LogP contribution in [-0.4, -0.2) is 15.7 Å². The summed E-state index contributed by atoms with van der Waals surface area (Å²) < 4.78 is 0. The van der Waals surface area contributed by atoms with Crippen LogP contribution in [0, 0.1) is 0 Å². The third kappa shape index (κ3) is 3.45. The van der Waals surface area contributed by atoms with Crippen molar-refractivity contribution in [2.75, 3.05) is 11.1 Å². The maximum absolute atomic E-state index is 5.51. The molecule has 18 heavy (non-hydrogen) atoms. The van der Waals surface area contributed by atoms with E-state index in [0.29, 0.717) is 12.4 Å². The van der Waals surface area contributed by atoms with E-state index in [1.165, 1.54) is 4.90 Å². The number of benzene rings is 1. The van der Waals surface area contributed by atoms with Crippen molar-refractivity contribution in [2.24, 2.45) is 5.73 Å². The second-order valence-corrected chi connectivity index (χ2v) is 4.98. The molecule has 2 rings (SSSR count). The Hall–Kier alpha value is -1.59. The van der Waals surface area contributed by atoms with E-state index in [2.05, 4.69) is 34.3 Å². The van der Waals surface area contributed by atoms with Gasteiger partial charge in [-0.3, -0.25) is 0 Å². The molecule has 2 aromatic rings. The standard InChI is InChI=1S/C13H16N4S/c1-2-18-11-5-3-10(4-6-11)16-12-7-8-15-13(9-14)17-12/h3-8H,2,9,14H2,1H3,(H,15,16,17). The number of nitrogens with one attached hydrogen (secondary N) is 1. The summed E-state index contributed by atoms with van der Waals surface area (Å²) in [5.41, 5.74) is 6.52. The second-order valence-electron chi connectivity index (χ2n) is 3.64. The monoisotopic (exact) mass is 260 g/mol. The van der Waals surface area contributed by atoms with Gasteiger partial charge in [0.05, 0.1) is 6.54 Å². The number of nitrogens with zero attached hydrogens (tertiary/aromatic N) is 2. The maximum atomic E-state index is 5.51. The lowest BCUT2D eigenvalue weighted by Gasteiger charge is -2.07. The number of aromatic nitrogens is 2. The van der Waals surface area contributed by atoms with Crippen molar-refractivity contribution in [3.05, 3.63) is 42.4 Å². The highest BCUT2D eigenvalue weighted by Crippen LogP contribution is 2.21. The van der Waals surface area contributed by atoms with Crippen LogP contribution in [0.2, 0.25) is 0 Å². The summed E-state index contributed by atoms with van der Waals surface area (Å²) in [6.45, 7) is 2.49. The zero-order valence-electron chi connectivity index (χ0n) is 10.3. The summed E-state index contributed by atoms with van der Waals surface area (Å²) in [7, 11) is 0. The molecule has 0 unspecified atom stereocenters. The summed E-state index contributed by atoms with van der Waals surface area (Å²) in [5.74, 6) is 2.48. The number of anilines is 2.